The molecule has 1 fully saturated rings. The van der Waals surface area contributed by atoms with E-state index < -0.39 is 11.7 Å². The first-order valence-electron chi connectivity index (χ1n) is 7.48. The van der Waals surface area contributed by atoms with Crippen molar-refractivity contribution in [2.24, 2.45) is 5.92 Å². The molecule has 0 unspecified atom stereocenters. The summed E-state index contributed by atoms with van der Waals surface area (Å²) in [5, 5.41) is 0. The molecular formula is C18H15BrF3NO. The van der Waals surface area contributed by atoms with Crippen LogP contribution in [-0.2, 0) is 11.0 Å². The maximum Gasteiger partial charge on any atom is 0.416 e. The number of benzene rings is 2. The van der Waals surface area contributed by atoms with Crippen molar-refractivity contribution in [3.05, 3.63) is 64.1 Å². The molecule has 0 saturated heterocycles. The van der Waals surface area contributed by atoms with Crippen LogP contribution in [0.15, 0.2) is 53.0 Å². The number of anilines is 1. The van der Waals surface area contributed by atoms with E-state index in [2.05, 4.69) is 15.9 Å². The number of hydrogen-bond donors (Lipinski definition) is 0. The molecule has 2 atom stereocenters. The van der Waals surface area contributed by atoms with Gasteiger partial charge in [0.25, 0.3) is 0 Å². The second-order valence-corrected chi connectivity index (χ2v) is 6.77. The number of alkyl halides is 3. The zero-order valence-electron chi connectivity index (χ0n) is 12.8. The quantitative estimate of drug-likeness (QED) is 0.693. The molecule has 24 heavy (non-hydrogen) atoms. The van der Waals surface area contributed by atoms with Crippen molar-refractivity contribution < 1.29 is 18.0 Å². The Balaban J connectivity index is 1.71. The molecule has 3 rings (SSSR count). The van der Waals surface area contributed by atoms with Crippen LogP contribution in [0.2, 0.25) is 0 Å². The van der Waals surface area contributed by atoms with E-state index in [1.807, 2.05) is 24.3 Å². The molecule has 1 saturated carbocycles. The largest absolute Gasteiger partial charge is 0.416 e. The summed E-state index contributed by atoms with van der Waals surface area (Å²) in [6.45, 7) is 0. The van der Waals surface area contributed by atoms with Gasteiger partial charge in [0.15, 0.2) is 0 Å². The zero-order chi connectivity index (χ0) is 17.5. The van der Waals surface area contributed by atoms with Gasteiger partial charge in [-0.2, -0.15) is 13.2 Å². The standard InChI is InChI=1S/C18H15BrF3NO/c1-23(16-5-3-2-4-15(16)19)17(24)14-10-13(14)11-6-8-12(9-7-11)18(20,21)22/h2-9,13-14H,10H2,1H3/t13-,14+/m0/s1. The lowest BCUT2D eigenvalue weighted by Gasteiger charge is -2.19. The maximum atomic E-state index is 12.6. The molecule has 0 aliphatic heterocycles. The lowest BCUT2D eigenvalue weighted by Crippen LogP contribution is -2.28. The van der Waals surface area contributed by atoms with Crippen LogP contribution in [0.3, 0.4) is 0 Å². The van der Waals surface area contributed by atoms with Crippen LogP contribution < -0.4 is 4.90 Å². The molecule has 0 spiro atoms. The first kappa shape index (κ1) is 17.0. The molecule has 2 aromatic carbocycles. The van der Waals surface area contributed by atoms with Crippen LogP contribution >= 0.6 is 15.9 Å². The SMILES string of the molecule is CN(C(=O)[C@@H]1C[C@H]1c1ccc(C(F)(F)F)cc1)c1ccccc1Br. The lowest BCUT2D eigenvalue weighted by molar-refractivity contribution is -0.137. The van der Waals surface area contributed by atoms with E-state index in [0.29, 0.717) is 6.42 Å². The average molecular weight is 398 g/mol. The predicted molar refractivity (Wildman–Crippen MR) is 89.8 cm³/mol. The summed E-state index contributed by atoms with van der Waals surface area (Å²) in [4.78, 5) is 14.2. The topological polar surface area (TPSA) is 20.3 Å². The molecule has 1 aliphatic carbocycles. The Kier molecular flexibility index (Phi) is 4.42. The molecule has 2 nitrogen and oxygen atoms in total. The fraction of sp³-hybridized carbons (Fsp3) is 0.278. The Bertz CT molecular complexity index is 758. The van der Waals surface area contributed by atoms with E-state index in [0.717, 1.165) is 27.9 Å². The molecule has 0 heterocycles. The summed E-state index contributed by atoms with van der Waals surface area (Å²) in [6.07, 6.45) is -3.67. The van der Waals surface area contributed by atoms with Crippen LogP contribution in [0.25, 0.3) is 0 Å². The Hall–Kier alpha value is -1.82. The average Bonchev–Trinajstić information content (AvgIpc) is 3.34. The van der Waals surface area contributed by atoms with Gasteiger partial charge < -0.3 is 4.90 Å². The molecule has 0 bridgehead atoms. The van der Waals surface area contributed by atoms with Gasteiger partial charge in [-0.1, -0.05) is 24.3 Å². The molecule has 1 aliphatic rings. The lowest BCUT2D eigenvalue weighted by atomic mass is 10.1. The second kappa shape index (κ2) is 6.24. The predicted octanol–water partition coefficient (Wildman–Crippen LogP) is 5.23. The Morgan fingerprint density at radius 2 is 1.75 bits per heavy atom. The van der Waals surface area contributed by atoms with Crippen molar-refractivity contribution in [3.63, 3.8) is 0 Å². The van der Waals surface area contributed by atoms with Gasteiger partial charge in [-0.05, 0) is 58.1 Å². The molecule has 1 amide bonds. The van der Waals surface area contributed by atoms with Crippen LogP contribution in [-0.4, -0.2) is 13.0 Å². The number of carbonyl (C=O) groups excluding carboxylic acids is 1. The number of para-hydroxylation sites is 1. The van der Waals surface area contributed by atoms with Crippen LogP contribution in [0, 0.1) is 5.92 Å². The van der Waals surface area contributed by atoms with Gasteiger partial charge >= 0.3 is 6.18 Å². The minimum Gasteiger partial charge on any atom is -0.314 e. The molecule has 126 valence electrons. The van der Waals surface area contributed by atoms with E-state index in [9.17, 15) is 18.0 Å². The summed E-state index contributed by atoms with van der Waals surface area (Å²) < 4.78 is 38.6. The number of hydrogen-bond acceptors (Lipinski definition) is 1. The fourth-order valence-corrected chi connectivity index (χ4v) is 3.40. The minimum atomic E-state index is -4.34. The highest BCUT2D eigenvalue weighted by Crippen LogP contribution is 2.49. The highest BCUT2D eigenvalue weighted by Gasteiger charge is 2.45. The van der Waals surface area contributed by atoms with Gasteiger partial charge in [0.05, 0.1) is 11.3 Å². The number of nitrogens with zero attached hydrogens (tertiary/aromatic N) is 1. The zero-order valence-corrected chi connectivity index (χ0v) is 14.4. The van der Waals surface area contributed by atoms with Crippen LogP contribution in [0.5, 0.6) is 0 Å². The summed E-state index contributed by atoms with van der Waals surface area (Å²) in [6, 6.07) is 12.5. The number of amides is 1. The van der Waals surface area contributed by atoms with E-state index in [-0.39, 0.29) is 17.7 Å². The van der Waals surface area contributed by atoms with Gasteiger partial charge in [-0.25, -0.2) is 0 Å². The van der Waals surface area contributed by atoms with Gasteiger partial charge in [-0.15, -0.1) is 0 Å². The monoisotopic (exact) mass is 397 g/mol. The number of halogens is 4. The number of rotatable bonds is 3. The highest BCUT2D eigenvalue weighted by atomic mass is 79.9. The van der Waals surface area contributed by atoms with Gasteiger partial charge in [-0.3, -0.25) is 4.79 Å². The van der Waals surface area contributed by atoms with Crippen molar-refractivity contribution in [3.8, 4) is 0 Å². The van der Waals surface area contributed by atoms with E-state index in [1.54, 1.807) is 11.9 Å². The van der Waals surface area contributed by atoms with Crippen LogP contribution in [0.4, 0.5) is 18.9 Å². The van der Waals surface area contributed by atoms with Crippen molar-refractivity contribution >= 4 is 27.5 Å². The minimum absolute atomic E-state index is 0.00952. The van der Waals surface area contributed by atoms with Crippen molar-refractivity contribution in [1.82, 2.24) is 0 Å². The molecular weight excluding hydrogens is 383 g/mol. The first-order chi connectivity index (χ1) is 11.3. The summed E-state index contributed by atoms with van der Waals surface area (Å²) >= 11 is 3.42. The summed E-state index contributed by atoms with van der Waals surface area (Å²) in [5.74, 6) is -0.213. The third kappa shape index (κ3) is 3.34. The second-order valence-electron chi connectivity index (χ2n) is 5.92. The summed E-state index contributed by atoms with van der Waals surface area (Å²) in [7, 11) is 1.71. The van der Waals surface area contributed by atoms with Gasteiger partial charge in [0.1, 0.15) is 0 Å². The van der Waals surface area contributed by atoms with E-state index >= 15 is 0 Å². The van der Waals surface area contributed by atoms with Gasteiger partial charge in [0.2, 0.25) is 5.91 Å². The highest BCUT2D eigenvalue weighted by molar-refractivity contribution is 9.10. The third-order valence-corrected chi connectivity index (χ3v) is 4.99. The Morgan fingerprint density at radius 1 is 1.12 bits per heavy atom. The third-order valence-electron chi connectivity index (χ3n) is 4.32. The Labute approximate surface area is 146 Å². The molecule has 0 radical (unpaired) electrons. The fourth-order valence-electron chi connectivity index (χ4n) is 2.85. The van der Waals surface area contributed by atoms with Gasteiger partial charge in [0, 0.05) is 17.4 Å². The molecule has 6 heteroatoms. The van der Waals surface area contributed by atoms with E-state index in [4.69, 9.17) is 0 Å². The number of carbonyl (C=O) groups is 1. The molecule has 0 N–H and O–H groups in total. The first-order valence-corrected chi connectivity index (χ1v) is 8.27. The maximum absolute atomic E-state index is 12.6. The van der Waals surface area contributed by atoms with Crippen molar-refractivity contribution in [1.29, 1.82) is 0 Å². The smallest absolute Gasteiger partial charge is 0.314 e. The Morgan fingerprint density at radius 3 is 2.33 bits per heavy atom. The molecule has 0 aromatic heterocycles. The summed E-state index contributed by atoms with van der Waals surface area (Å²) in [5.41, 5.74) is 0.891. The van der Waals surface area contributed by atoms with Crippen molar-refractivity contribution in [2.75, 3.05) is 11.9 Å². The molecule has 2 aromatic rings. The van der Waals surface area contributed by atoms with Crippen molar-refractivity contribution in [2.45, 2.75) is 18.5 Å². The normalized spacial score (nSPS) is 19.9. The van der Waals surface area contributed by atoms with Crippen LogP contribution in [0.1, 0.15) is 23.5 Å². The van der Waals surface area contributed by atoms with E-state index in [1.165, 1.54) is 12.1 Å².